The van der Waals surface area contributed by atoms with Crippen molar-refractivity contribution in [1.29, 1.82) is 0 Å². The average molecular weight is 954 g/mol. The molecule has 2 N–H and O–H groups in total. The molecule has 4 atom stereocenters. The number of carbonyl (C=O) groups excluding carboxylic acids is 1. The van der Waals surface area contributed by atoms with Gasteiger partial charge in [-0.1, -0.05) is 0 Å². The van der Waals surface area contributed by atoms with E-state index in [2.05, 4.69) is 16.0 Å². The van der Waals surface area contributed by atoms with E-state index in [1.54, 1.807) is 11.9 Å². The van der Waals surface area contributed by atoms with Crippen molar-refractivity contribution in [2.45, 2.75) is 62.4 Å². The van der Waals surface area contributed by atoms with Gasteiger partial charge in [-0.25, -0.2) is 13.2 Å². The number of amides is 1. The Morgan fingerprint density at radius 1 is 1.24 bits per heavy atom. The third-order valence-corrected chi connectivity index (χ3v) is 12.3. The number of alkyl halides is 3. The van der Waals surface area contributed by atoms with Gasteiger partial charge in [0.1, 0.15) is 41.8 Å². The number of hydrogen-bond donors (Lipinski definition) is 1. The van der Waals surface area contributed by atoms with Crippen LogP contribution in [0.3, 0.4) is 0 Å². The van der Waals surface area contributed by atoms with Crippen LogP contribution in [0.2, 0.25) is 0 Å². The molecular formula is C33H31CeF5IN6O3S-. The minimum absolute atomic E-state index is 0. The number of anilines is 2. The second-order valence-corrected chi connectivity index (χ2v) is 15.3. The molecule has 0 bridgehead atoms. The number of nitrogens with two attached hydrogens (primary N) is 1. The van der Waals surface area contributed by atoms with Crippen LogP contribution in [0.5, 0.6) is 11.8 Å². The van der Waals surface area contributed by atoms with Gasteiger partial charge in [-0.2, -0.15) is 35.5 Å². The van der Waals surface area contributed by atoms with Crippen LogP contribution in [0.15, 0.2) is 12.1 Å². The molecule has 0 aliphatic carbocycles. The van der Waals surface area contributed by atoms with E-state index >= 15 is 4.39 Å². The molecule has 4 aliphatic heterocycles. The minimum atomic E-state index is -3.17. The molecule has 2 aromatic carbocycles. The number of nitrogens with zero attached hydrogens (tertiary/aromatic N) is 5. The second-order valence-electron chi connectivity index (χ2n) is 13.2. The maximum absolute atomic E-state index is 17.2. The monoisotopic (exact) mass is 953 g/mol. The van der Waals surface area contributed by atoms with Crippen LogP contribution in [-0.2, 0) is 4.79 Å². The van der Waals surface area contributed by atoms with Gasteiger partial charge in [0.05, 0.1) is 26.4 Å². The standard InChI is InChI=1S/C33H31F5IN6O3S.Ce/c1-43-19-13-44(31(46)29(37)38)8-2-4-20(19)48-27-23-26(24(36)22(25(27)39)16-5-6-18(35)28-17(16)10-21(40)49-28)41-32(42-30(23)43)47-14-33-7-3-9-45(33)12-15(34)11-33;/h5-6,15,19-20,29H,2-4,7-9,11-14,40H2,1H3;/q-1;/t15-,19?,20?,33+;/m1./s1. The van der Waals surface area contributed by atoms with Gasteiger partial charge >= 0.3 is 12.4 Å². The molecule has 8 rings (SSSR count). The topological polar surface area (TPSA) is 97.1 Å². The SMILES string of the molecule is CN1c2nc(OC[C@@]34CCCN3C[C@H](F)C4)nc3c(F)c(-c4ccc(F)c5sc(N)[c-]c45)c(I)c(c23)OC2CCCN(C(=O)C(F)F)CC21.[Ce]. The predicted molar refractivity (Wildman–Crippen MR) is 183 cm³/mol. The normalized spacial score (nSPS) is 24.9. The molecule has 0 radical (unpaired) electrons. The molecule has 6 heterocycles. The zero-order valence-electron chi connectivity index (χ0n) is 26.7. The number of halogens is 6. The summed E-state index contributed by atoms with van der Waals surface area (Å²) in [7, 11) is 1.70. The molecule has 3 saturated heterocycles. The summed E-state index contributed by atoms with van der Waals surface area (Å²) < 4.78 is 87.3. The Morgan fingerprint density at radius 3 is 2.82 bits per heavy atom. The van der Waals surface area contributed by atoms with Gasteiger partial charge in [0.15, 0.2) is 0 Å². The van der Waals surface area contributed by atoms with E-state index in [1.807, 2.05) is 22.6 Å². The largest absolute Gasteiger partial charge is 0.486 e. The smallest absolute Gasteiger partial charge is 0.319 e. The number of benzene rings is 2. The Hall–Kier alpha value is -1.87. The van der Waals surface area contributed by atoms with Gasteiger partial charge in [0.25, 0.3) is 5.91 Å². The second kappa shape index (κ2) is 13.8. The predicted octanol–water partition coefficient (Wildman–Crippen LogP) is 6.19. The number of thiophene rings is 1. The first-order chi connectivity index (χ1) is 23.5. The van der Waals surface area contributed by atoms with Crippen LogP contribution in [-0.4, -0.2) is 95.8 Å². The molecule has 4 aromatic rings. The fraction of sp³-hybridized carbons (Fsp3) is 0.485. The zero-order chi connectivity index (χ0) is 34.4. The van der Waals surface area contributed by atoms with Crippen LogP contribution in [0.1, 0.15) is 32.1 Å². The number of hydrogen-bond acceptors (Lipinski definition) is 9. The number of fused-ring (bicyclic) bond motifs is 3. The minimum Gasteiger partial charge on any atom is -0.486 e. The van der Waals surface area contributed by atoms with Crippen molar-refractivity contribution >= 4 is 71.6 Å². The van der Waals surface area contributed by atoms with Crippen molar-refractivity contribution in [3.8, 4) is 22.9 Å². The molecular weight excluding hydrogens is 922 g/mol. The molecule has 3 fully saturated rings. The van der Waals surface area contributed by atoms with Crippen LogP contribution in [0.4, 0.5) is 32.8 Å². The van der Waals surface area contributed by atoms with E-state index in [4.69, 9.17) is 20.2 Å². The molecule has 4 aliphatic rings. The summed E-state index contributed by atoms with van der Waals surface area (Å²) >= 11 is 3.00. The molecule has 9 nitrogen and oxygen atoms in total. The average Bonchev–Trinajstić information content (AvgIpc) is 3.66. The summed E-state index contributed by atoms with van der Waals surface area (Å²) in [5, 5.41) is 0.789. The molecule has 1 amide bonds. The Balaban J connectivity index is 0.00000392. The summed E-state index contributed by atoms with van der Waals surface area (Å²) in [5.74, 6) is -2.01. The number of ether oxygens (including phenoxy) is 2. The summed E-state index contributed by atoms with van der Waals surface area (Å²) in [4.78, 5) is 26.8. The van der Waals surface area contributed by atoms with Crippen molar-refractivity contribution in [3.63, 3.8) is 0 Å². The van der Waals surface area contributed by atoms with Gasteiger partial charge in [0, 0.05) is 79.9 Å². The summed E-state index contributed by atoms with van der Waals surface area (Å²) in [6, 6.07) is 4.89. The van der Waals surface area contributed by atoms with Gasteiger partial charge in [-0.3, -0.25) is 9.69 Å². The van der Waals surface area contributed by atoms with Crippen molar-refractivity contribution < 1.29 is 78.0 Å². The quantitative estimate of drug-likeness (QED) is 0.144. The summed E-state index contributed by atoms with van der Waals surface area (Å²) in [5.41, 5.74) is 5.79. The summed E-state index contributed by atoms with van der Waals surface area (Å²) in [6.07, 6.45) is -2.01. The Kier molecular flexibility index (Phi) is 10.1. The number of aromatic nitrogens is 2. The van der Waals surface area contributed by atoms with E-state index in [0.717, 1.165) is 35.6 Å². The molecule has 2 aromatic heterocycles. The van der Waals surface area contributed by atoms with Gasteiger partial charge in [-0.05, 0) is 71.1 Å². The molecule has 50 heavy (non-hydrogen) atoms. The Bertz CT molecular complexity index is 2010. The Morgan fingerprint density at radius 2 is 2.04 bits per heavy atom. The van der Waals surface area contributed by atoms with Crippen molar-refractivity contribution in [3.05, 3.63) is 33.4 Å². The first-order valence-corrected chi connectivity index (χ1v) is 18.0. The van der Waals surface area contributed by atoms with Crippen LogP contribution in [0, 0.1) is 63.0 Å². The third-order valence-electron chi connectivity index (χ3n) is 10.4. The van der Waals surface area contributed by atoms with Crippen LogP contribution in [0.25, 0.3) is 32.1 Å². The van der Waals surface area contributed by atoms with E-state index in [-0.39, 0.29) is 105 Å². The van der Waals surface area contributed by atoms with E-state index in [1.165, 1.54) is 12.1 Å². The van der Waals surface area contributed by atoms with Crippen LogP contribution < -0.4 is 20.1 Å². The van der Waals surface area contributed by atoms with Gasteiger partial charge < -0.3 is 25.0 Å². The van der Waals surface area contributed by atoms with Gasteiger partial charge in [-0.15, -0.1) is 17.7 Å². The number of likely N-dealkylation sites (N-methyl/N-ethyl adjacent to an activating group) is 1. The van der Waals surface area contributed by atoms with Crippen molar-refractivity contribution in [2.75, 3.05) is 50.5 Å². The Labute approximate surface area is 335 Å². The first kappa shape index (κ1) is 36.5. The molecule has 264 valence electrons. The number of likely N-dealkylation sites (tertiary alicyclic amines) is 1. The van der Waals surface area contributed by atoms with Gasteiger partial charge in [0.2, 0.25) is 0 Å². The third kappa shape index (κ3) is 6.00. The zero-order valence-corrected chi connectivity index (χ0v) is 32.9. The maximum atomic E-state index is 17.2. The molecule has 0 spiro atoms. The molecule has 2 unspecified atom stereocenters. The van der Waals surface area contributed by atoms with Crippen LogP contribution >= 0.6 is 33.9 Å². The van der Waals surface area contributed by atoms with E-state index in [0.29, 0.717) is 40.3 Å². The summed E-state index contributed by atoms with van der Waals surface area (Å²) in [6.45, 7) is 1.20. The fourth-order valence-corrected chi connectivity index (χ4v) is 9.79. The van der Waals surface area contributed by atoms with Crippen molar-refractivity contribution in [2.24, 2.45) is 0 Å². The van der Waals surface area contributed by atoms with Crippen molar-refractivity contribution in [1.82, 2.24) is 19.8 Å². The first-order valence-electron chi connectivity index (χ1n) is 16.1. The number of rotatable bonds is 5. The molecule has 0 saturated carbocycles. The van der Waals surface area contributed by atoms with E-state index < -0.39 is 47.8 Å². The maximum Gasteiger partial charge on any atom is 0.319 e. The van der Waals surface area contributed by atoms with E-state index in [9.17, 15) is 22.4 Å². The fourth-order valence-electron chi connectivity index (χ4n) is 8.06. The number of carbonyl (C=O) groups is 1. The molecule has 17 heteroatoms. The number of nitrogen functional groups attached to an aromatic ring is 1.